The van der Waals surface area contributed by atoms with Crippen LogP contribution in [0, 0.1) is 11.3 Å². The zero-order valence-corrected chi connectivity index (χ0v) is 19.7. The molecule has 35 heavy (non-hydrogen) atoms. The Morgan fingerprint density at radius 1 is 1.20 bits per heavy atom. The second kappa shape index (κ2) is 12.6. The zero-order valence-electron chi connectivity index (χ0n) is 18.9. The molecule has 2 aromatic carbocycles. The number of alkyl halides is 2. The molecular formula is C25H23F2N3O4S. The van der Waals surface area contributed by atoms with Crippen LogP contribution in [0.4, 0.5) is 8.78 Å². The summed E-state index contributed by atoms with van der Waals surface area (Å²) in [6, 6.07) is 17.2. The predicted molar refractivity (Wildman–Crippen MR) is 128 cm³/mol. The minimum Gasteiger partial charge on any atom is -0.434 e. The number of nitrogens with one attached hydrogen (secondary N) is 1. The Morgan fingerprint density at radius 2 is 1.91 bits per heavy atom. The van der Waals surface area contributed by atoms with Crippen LogP contribution in [0.15, 0.2) is 59.4 Å². The third-order valence-electron chi connectivity index (χ3n) is 4.91. The number of aromatic nitrogens is 1. The van der Waals surface area contributed by atoms with Crippen LogP contribution in [0.25, 0.3) is 11.6 Å². The van der Waals surface area contributed by atoms with Gasteiger partial charge in [0.2, 0.25) is 0 Å². The molecule has 0 aliphatic heterocycles. The number of rotatable bonds is 10. The summed E-state index contributed by atoms with van der Waals surface area (Å²) in [5.74, 6) is -0.709. The molecule has 1 aromatic heterocycles. The molecular weight excluding hydrogens is 476 g/mol. The molecule has 0 saturated heterocycles. The van der Waals surface area contributed by atoms with Crippen molar-refractivity contribution in [2.45, 2.75) is 26.1 Å². The second-order valence-electron chi connectivity index (χ2n) is 7.29. The third-order valence-corrected chi connectivity index (χ3v) is 6.04. The van der Waals surface area contributed by atoms with Crippen LogP contribution in [0.1, 0.15) is 17.5 Å². The maximum atomic E-state index is 13.2. The summed E-state index contributed by atoms with van der Waals surface area (Å²) in [6.45, 7) is -2.24. The van der Waals surface area contributed by atoms with Gasteiger partial charge in [-0.2, -0.15) is 14.0 Å². The summed E-state index contributed by atoms with van der Waals surface area (Å²) >= 11 is 0.940. The Balaban J connectivity index is 2.09. The van der Waals surface area contributed by atoms with Crippen molar-refractivity contribution in [3.63, 3.8) is 0 Å². The second-order valence-corrected chi connectivity index (χ2v) is 8.32. The third kappa shape index (κ3) is 6.85. The summed E-state index contributed by atoms with van der Waals surface area (Å²) in [6.07, 6.45) is 1.88. The molecule has 0 fully saturated rings. The van der Waals surface area contributed by atoms with Crippen molar-refractivity contribution in [1.29, 1.82) is 5.26 Å². The Bertz CT molecular complexity index is 1380. The minimum atomic E-state index is -3.03. The molecule has 1 N–H and O–H groups in total. The van der Waals surface area contributed by atoms with E-state index in [1.54, 1.807) is 6.07 Å². The van der Waals surface area contributed by atoms with Crippen LogP contribution < -0.4 is 24.8 Å². The molecule has 10 heteroatoms. The monoisotopic (exact) mass is 499 g/mol. The molecule has 7 nitrogen and oxygen atoms in total. The van der Waals surface area contributed by atoms with E-state index < -0.39 is 18.1 Å². The van der Waals surface area contributed by atoms with Gasteiger partial charge in [-0.05, 0) is 24.1 Å². The number of halogens is 2. The number of amides is 1. The highest BCUT2D eigenvalue weighted by Gasteiger charge is 2.16. The molecule has 0 atom stereocenters. The Hall–Kier alpha value is -3.81. The van der Waals surface area contributed by atoms with Gasteiger partial charge in [0.05, 0.1) is 4.53 Å². The number of carbonyl (C=O) groups excluding carboxylic acids is 1. The average Bonchev–Trinajstić information content (AvgIpc) is 3.15. The smallest absolute Gasteiger partial charge is 0.387 e. The number of thiazole rings is 1. The van der Waals surface area contributed by atoms with Crippen molar-refractivity contribution >= 4 is 28.9 Å². The fourth-order valence-electron chi connectivity index (χ4n) is 3.28. The highest BCUT2D eigenvalue weighted by Crippen LogP contribution is 2.20. The van der Waals surface area contributed by atoms with Crippen molar-refractivity contribution in [1.82, 2.24) is 9.88 Å². The Kier molecular flexibility index (Phi) is 9.29. The molecule has 1 amide bonds. The highest BCUT2D eigenvalue weighted by atomic mass is 32.1. The quantitative estimate of drug-likeness (QED) is 0.433. The van der Waals surface area contributed by atoms with Gasteiger partial charge in [-0.15, -0.1) is 11.3 Å². The van der Waals surface area contributed by atoms with Gasteiger partial charge in [-0.1, -0.05) is 48.5 Å². The van der Waals surface area contributed by atoms with E-state index in [1.807, 2.05) is 36.4 Å². The van der Waals surface area contributed by atoms with Gasteiger partial charge in [-0.25, -0.2) is 0 Å². The first kappa shape index (κ1) is 25.8. The van der Waals surface area contributed by atoms with Gasteiger partial charge in [-0.3, -0.25) is 14.2 Å². The van der Waals surface area contributed by atoms with Crippen LogP contribution in [0.3, 0.4) is 0 Å². The van der Waals surface area contributed by atoms with E-state index in [0.717, 1.165) is 16.9 Å². The number of ether oxygens (including phenoxy) is 2. The van der Waals surface area contributed by atoms with E-state index >= 15 is 0 Å². The zero-order chi connectivity index (χ0) is 25.2. The van der Waals surface area contributed by atoms with Gasteiger partial charge in [0.15, 0.2) is 5.57 Å². The lowest BCUT2D eigenvalue weighted by atomic mass is 10.2. The molecule has 1 heterocycles. The van der Waals surface area contributed by atoms with Gasteiger partial charge in [0, 0.05) is 32.4 Å². The lowest BCUT2D eigenvalue weighted by molar-refractivity contribution is -0.115. The predicted octanol–water partition coefficient (Wildman–Crippen LogP) is 2.37. The molecule has 0 unspecified atom stereocenters. The number of carbonyl (C=O) groups is 1. The van der Waals surface area contributed by atoms with Crippen molar-refractivity contribution in [2.24, 2.45) is 0 Å². The number of hydrogen-bond acceptors (Lipinski definition) is 6. The van der Waals surface area contributed by atoms with E-state index in [-0.39, 0.29) is 39.2 Å². The van der Waals surface area contributed by atoms with Crippen LogP contribution in [-0.4, -0.2) is 30.8 Å². The van der Waals surface area contributed by atoms with Gasteiger partial charge >= 0.3 is 6.61 Å². The largest absolute Gasteiger partial charge is 0.434 e. The molecule has 0 aliphatic carbocycles. The van der Waals surface area contributed by atoms with E-state index in [2.05, 4.69) is 10.1 Å². The number of benzene rings is 2. The average molecular weight is 500 g/mol. The van der Waals surface area contributed by atoms with E-state index in [9.17, 15) is 23.6 Å². The molecule has 0 aliphatic rings. The SMILES string of the molecule is COCCCn1c(=O)/c(=C\c2ccccc2OC(F)F)s/c1=C(\C#N)C(=O)NCc1ccccc1. The standard InChI is InChI=1S/C25H23F2N3O4S/c1-33-13-7-12-30-23(32)21(14-18-10-5-6-11-20(18)34-25(26)27)35-24(30)19(15-28)22(31)29-16-17-8-3-2-4-9-17/h2-6,8-11,14,25H,7,12-13,16H2,1H3,(H,29,31)/b21-14+,24-19+. The van der Waals surface area contributed by atoms with Crippen molar-refractivity contribution in [3.8, 4) is 11.8 Å². The first-order valence-corrected chi connectivity index (χ1v) is 11.5. The lowest BCUT2D eigenvalue weighted by Gasteiger charge is -2.06. The molecule has 3 rings (SSSR count). The summed E-state index contributed by atoms with van der Waals surface area (Å²) in [7, 11) is 1.53. The van der Waals surface area contributed by atoms with Gasteiger partial charge < -0.3 is 14.8 Å². The number of methoxy groups -OCH3 is 1. The number of para-hydroxylation sites is 1. The van der Waals surface area contributed by atoms with Crippen molar-refractivity contribution in [3.05, 3.63) is 85.3 Å². The summed E-state index contributed by atoms with van der Waals surface area (Å²) in [5, 5.41) is 12.5. The van der Waals surface area contributed by atoms with Crippen LogP contribution >= 0.6 is 11.3 Å². The molecule has 182 valence electrons. The number of nitriles is 1. The summed E-state index contributed by atoms with van der Waals surface area (Å²) in [4.78, 5) is 26.1. The van der Waals surface area contributed by atoms with Crippen LogP contribution in [0.5, 0.6) is 5.75 Å². The maximum Gasteiger partial charge on any atom is 0.387 e. The van der Waals surface area contributed by atoms with E-state index in [0.29, 0.717) is 13.0 Å². The van der Waals surface area contributed by atoms with Crippen LogP contribution in [0.2, 0.25) is 0 Å². The maximum absolute atomic E-state index is 13.2. The molecule has 0 radical (unpaired) electrons. The molecule has 3 aromatic rings. The van der Waals surface area contributed by atoms with Gasteiger partial charge in [0.25, 0.3) is 11.5 Å². The Labute approximate surface area is 204 Å². The normalized spacial score (nSPS) is 12.4. The van der Waals surface area contributed by atoms with Gasteiger partial charge in [0.1, 0.15) is 16.5 Å². The number of hydrogen-bond donors (Lipinski definition) is 1. The minimum absolute atomic E-state index is 0.0899. The molecule has 0 spiro atoms. The number of nitrogens with zero attached hydrogens (tertiary/aromatic N) is 2. The Morgan fingerprint density at radius 3 is 2.60 bits per heavy atom. The lowest BCUT2D eigenvalue weighted by Crippen LogP contribution is -2.35. The topological polar surface area (TPSA) is 93.3 Å². The van der Waals surface area contributed by atoms with Crippen molar-refractivity contribution < 1.29 is 23.0 Å². The van der Waals surface area contributed by atoms with E-state index in [4.69, 9.17) is 4.74 Å². The fourth-order valence-corrected chi connectivity index (χ4v) is 4.40. The highest BCUT2D eigenvalue weighted by molar-refractivity contribution is 7.07. The van der Waals surface area contributed by atoms with E-state index in [1.165, 1.54) is 36.0 Å². The fraction of sp³-hybridized carbons (Fsp3) is 0.240. The first-order valence-electron chi connectivity index (χ1n) is 10.6. The molecule has 0 bridgehead atoms. The summed E-state index contributed by atoms with van der Waals surface area (Å²) in [5.41, 5.74) is 0.467. The van der Waals surface area contributed by atoms with Crippen LogP contribution in [-0.2, 0) is 22.6 Å². The first-order chi connectivity index (χ1) is 16.9. The summed E-state index contributed by atoms with van der Waals surface area (Å²) < 4.78 is 36.9. The molecule has 0 saturated carbocycles. The van der Waals surface area contributed by atoms with Crippen molar-refractivity contribution in [2.75, 3.05) is 13.7 Å².